The van der Waals surface area contributed by atoms with Gasteiger partial charge in [-0.3, -0.25) is 4.79 Å². The maximum Gasteiger partial charge on any atom is 0.228 e. The topological polar surface area (TPSA) is 54.9 Å². The van der Waals surface area contributed by atoms with E-state index >= 15 is 0 Å². The van der Waals surface area contributed by atoms with Crippen molar-refractivity contribution in [2.75, 3.05) is 5.32 Å². The Morgan fingerprint density at radius 3 is 2.93 bits per heavy atom. The van der Waals surface area contributed by atoms with E-state index < -0.39 is 0 Å². The van der Waals surface area contributed by atoms with Crippen LogP contribution < -0.4 is 5.32 Å². The Balaban J connectivity index is 1.94. The minimum Gasteiger partial charge on any atom is -0.310 e. The van der Waals surface area contributed by atoms with Crippen molar-refractivity contribution >= 4 is 23.3 Å². The summed E-state index contributed by atoms with van der Waals surface area (Å²) >= 11 is 5.61. The molecule has 1 aromatic heterocycles. The molecule has 0 bridgehead atoms. The number of rotatable bonds is 2. The van der Waals surface area contributed by atoms with E-state index in [4.69, 9.17) is 11.6 Å². The van der Waals surface area contributed by atoms with Gasteiger partial charge < -0.3 is 5.32 Å². The van der Waals surface area contributed by atoms with Crippen molar-refractivity contribution in [2.45, 2.75) is 19.8 Å². The number of nitrogens with one attached hydrogen (secondary N) is 1. The fourth-order valence-corrected chi connectivity index (χ4v) is 1.90. The summed E-state index contributed by atoms with van der Waals surface area (Å²) in [5, 5.41) is 2.88. The maximum atomic E-state index is 11.6. The van der Waals surface area contributed by atoms with Crippen LogP contribution in [0.3, 0.4) is 0 Å². The molecule has 1 aromatic rings. The SMILES string of the molecule is CC1CC(C(=O)Nc2ccnc(Cl)n2)C1. The molecular weight excluding hydrogens is 214 g/mol. The maximum absolute atomic E-state index is 11.6. The molecule has 0 spiro atoms. The number of carbonyl (C=O) groups excluding carboxylic acids is 1. The van der Waals surface area contributed by atoms with Gasteiger partial charge in [0.1, 0.15) is 5.82 Å². The quantitative estimate of drug-likeness (QED) is 0.785. The first kappa shape index (κ1) is 10.4. The van der Waals surface area contributed by atoms with Crippen LogP contribution in [0.25, 0.3) is 0 Å². The zero-order chi connectivity index (χ0) is 10.8. The molecule has 1 N–H and O–H groups in total. The smallest absolute Gasteiger partial charge is 0.228 e. The predicted octanol–water partition coefficient (Wildman–Crippen LogP) is 2.11. The van der Waals surface area contributed by atoms with Crippen molar-refractivity contribution < 1.29 is 4.79 Å². The summed E-state index contributed by atoms with van der Waals surface area (Å²) in [6.45, 7) is 2.14. The zero-order valence-electron chi connectivity index (χ0n) is 8.40. The van der Waals surface area contributed by atoms with Gasteiger partial charge in [-0.2, -0.15) is 0 Å². The number of carbonyl (C=O) groups is 1. The monoisotopic (exact) mass is 225 g/mol. The van der Waals surface area contributed by atoms with Crippen molar-refractivity contribution in [3.05, 3.63) is 17.5 Å². The summed E-state index contributed by atoms with van der Waals surface area (Å²) in [5.41, 5.74) is 0. The highest BCUT2D eigenvalue weighted by Crippen LogP contribution is 2.33. The molecule has 80 valence electrons. The van der Waals surface area contributed by atoms with Crippen molar-refractivity contribution in [3.8, 4) is 0 Å². The highest BCUT2D eigenvalue weighted by Gasteiger charge is 2.31. The predicted molar refractivity (Wildman–Crippen MR) is 57.6 cm³/mol. The second-order valence-corrected chi connectivity index (χ2v) is 4.31. The van der Waals surface area contributed by atoms with E-state index in [2.05, 4.69) is 22.2 Å². The van der Waals surface area contributed by atoms with Gasteiger partial charge in [-0.1, -0.05) is 6.92 Å². The molecule has 0 radical (unpaired) electrons. The third kappa shape index (κ3) is 2.45. The summed E-state index contributed by atoms with van der Waals surface area (Å²) in [6, 6.07) is 1.63. The lowest BCUT2D eigenvalue weighted by Gasteiger charge is -2.31. The second kappa shape index (κ2) is 4.14. The summed E-state index contributed by atoms with van der Waals surface area (Å²) in [5.74, 6) is 1.30. The Kier molecular flexibility index (Phi) is 2.86. The number of anilines is 1. The summed E-state index contributed by atoms with van der Waals surface area (Å²) in [6.07, 6.45) is 3.45. The molecule has 4 nitrogen and oxygen atoms in total. The highest BCUT2D eigenvalue weighted by molar-refractivity contribution is 6.28. The van der Waals surface area contributed by atoms with Gasteiger partial charge in [-0.05, 0) is 36.4 Å². The average Bonchev–Trinajstić information content (AvgIpc) is 2.13. The minimum atomic E-state index is 0.0304. The lowest BCUT2D eigenvalue weighted by Crippen LogP contribution is -2.33. The Labute approximate surface area is 93.1 Å². The molecule has 0 aliphatic heterocycles. The first-order valence-corrected chi connectivity index (χ1v) is 5.32. The lowest BCUT2D eigenvalue weighted by molar-refractivity contribution is -0.123. The Morgan fingerprint density at radius 2 is 2.33 bits per heavy atom. The number of hydrogen-bond acceptors (Lipinski definition) is 3. The number of halogens is 1. The van der Waals surface area contributed by atoms with Gasteiger partial charge in [0.15, 0.2) is 0 Å². The third-order valence-corrected chi connectivity index (χ3v) is 2.80. The van der Waals surface area contributed by atoms with E-state index in [1.165, 1.54) is 6.20 Å². The normalized spacial score (nSPS) is 24.4. The van der Waals surface area contributed by atoms with Crippen molar-refractivity contribution in [2.24, 2.45) is 11.8 Å². The van der Waals surface area contributed by atoms with E-state index in [-0.39, 0.29) is 17.1 Å². The van der Waals surface area contributed by atoms with Gasteiger partial charge in [0.2, 0.25) is 11.2 Å². The minimum absolute atomic E-state index is 0.0304. The highest BCUT2D eigenvalue weighted by atomic mass is 35.5. The Bertz CT molecular complexity index is 377. The fraction of sp³-hybridized carbons (Fsp3) is 0.500. The number of nitrogens with zero attached hydrogens (tertiary/aromatic N) is 2. The van der Waals surface area contributed by atoms with Crippen LogP contribution in [-0.2, 0) is 4.79 Å². The largest absolute Gasteiger partial charge is 0.310 e. The van der Waals surface area contributed by atoms with Crippen LogP contribution in [0.15, 0.2) is 12.3 Å². The lowest BCUT2D eigenvalue weighted by atomic mass is 9.76. The standard InChI is InChI=1S/C10H12ClN3O/c1-6-4-7(5-6)9(15)13-8-2-3-12-10(11)14-8/h2-3,6-7H,4-5H2,1H3,(H,12,13,14,15). The van der Waals surface area contributed by atoms with Crippen LogP contribution in [0.5, 0.6) is 0 Å². The summed E-state index contributed by atoms with van der Waals surface area (Å²) < 4.78 is 0. The average molecular weight is 226 g/mol. The van der Waals surface area contributed by atoms with E-state index in [0.717, 1.165) is 12.8 Å². The number of aromatic nitrogens is 2. The molecule has 1 aliphatic carbocycles. The van der Waals surface area contributed by atoms with Crippen LogP contribution in [-0.4, -0.2) is 15.9 Å². The number of amides is 1. The van der Waals surface area contributed by atoms with Crippen LogP contribution >= 0.6 is 11.6 Å². The van der Waals surface area contributed by atoms with E-state index in [9.17, 15) is 4.79 Å². The van der Waals surface area contributed by atoms with Crippen molar-refractivity contribution in [1.82, 2.24) is 9.97 Å². The van der Waals surface area contributed by atoms with Gasteiger partial charge >= 0.3 is 0 Å². The number of hydrogen-bond donors (Lipinski definition) is 1. The second-order valence-electron chi connectivity index (χ2n) is 3.97. The van der Waals surface area contributed by atoms with Gasteiger partial charge in [-0.25, -0.2) is 9.97 Å². The summed E-state index contributed by atoms with van der Waals surface area (Å²) in [7, 11) is 0. The van der Waals surface area contributed by atoms with Crippen LogP contribution in [0.4, 0.5) is 5.82 Å². The molecule has 2 rings (SSSR count). The molecule has 0 aromatic carbocycles. The van der Waals surface area contributed by atoms with Gasteiger partial charge in [0.25, 0.3) is 0 Å². The first-order valence-electron chi connectivity index (χ1n) is 4.94. The Morgan fingerprint density at radius 1 is 1.60 bits per heavy atom. The molecule has 1 amide bonds. The van der Waals surface area contributed by atoms with Crippen molar-refractivity contribution in [3.63, 3.8) is 0 Å². The molecule has 1 fully saturated rings. The van der Waals surface area contributed by atoms with E-state index in [1.54, 1.807) is 6.07 Å². The molecule has 0 atom stereocenters. The van der Waals surface area contributed by atoms with E-state index in [1.807, 2.05) is 0 Å². The van der Waals surface area contributed by atoms with Gasteiger partial charge in [0.05, 0.1) is 0 Å². The molecule has 1 saturated carbocycles. The molecule has 0 saturated heterocycles. The van der Waals surface area contributed by atoms with Crippen LogP contribution in [0.1, 0.15) is 19.8 Å². The molecular formula is C10H12ClN3O. The molecule has 0 unspecified atom stereocenters. The third-order valence-electron chi connectivity index (χ3n) is 2.62. The fourth-order valence-electron chi connectivity index (χ4n) is 1.75. The molecule has 1 aliphatic rings. The van der Waals surface area contributed by atoms with Crippen LogP contribution in [0.2, 0.25) is 5.28 Å². The molecule has 5 heteroatoms. The van der Waals surface area contributed by atoms with E-state index in [0.29, 0.717) is 11.7 Å². The van der Waals surface area contributed by atoms with Crippen molar-refractivity contribution in [1.29, 1.82) is 0 Å². The van der Waals surface area contributed by atoms with Crippen LogP contribution in [0, 0.1) is 11.8 Å². The molecule has 1 heterocycles. The first-order chi connectivity index (χ1) is 7.15. The van der Waals surface area contributed by atoms with Gasteiger partial charge in [0, 0.05) is 12.1 Å². The molecule has 15 heavy (non-hydrogen) atoms. The summed E-state index contributed by atoms with van der Waals surface area (Å²) in [4.78, 5) is 19.3. The Hall–Kier alpha value is -1.16. The zero-order valence-corrected chi connectivity index (χ0v) is 9.16. The van der Waals surface area contributed by atoms with Gasteiger partial charge in [-0.15, -0.1) is 0 Å².